The van der Waals surface area contributed by atoms with E-state index in [1.54, 1.807) is 18.2 Å². The average Bonchev–Trinajstić information content (AvgIpc) is 2.41. The first-order valence-corrected chi connectivity index (χ1v) is 7.24. The van der Waals surface area contributed by atoms with Gasteiger partial charge in [0, 0.05) is 0 Å². The Morgan fingerprint density at radius 3 is 2.45 bits per heavy atom. The maximum atomic E-state index is 13.1. The van der Waals surface area contributed by atoms with Gasteiger partial charge in [0.25, 0.3) is 0 Å². The minimum absolute atomic E-state index is 0.293. The summed E-state index contributed by atoms with van der Waals surface area (Å²) < 4.78 is 50.1. The van der Waals surface area contributed by atoms with Crippen molar-refractivity contribution in [1.82, 2.24) is 0 Å². The first-order chi connectivity index (χ1) is 9.42. The number of halogens is 2. The summed E-state index contributed by atoms with van der Waals surface area (Å²) >= 11 is 0. The fourth-order valence-corrected chi connectivity index (χ4v) is 3.05. The van der Waals surface area contributed by atoms with Crippen LogP contribution in [-0.2, 0) is 15.6 Å². The van der Waals surface area contributed by atoms with Gasteiger partial charge in [-0.3, -0.25) is 0 Å². The Hall–Kier alpha value is -2.26. The zero-order chi connectivity index (χ0) is 14.8. The molecule has 0 spiro atoms. The van der Waals surface area contributed by atoms with Crippen molar-refractivity contribution in [2.75, 3.05) is 0 Å². The molecule has 2 rings (SSSR count). The molecule has 0 aromatic heterocycles. The van der Waals surface area contributed by atoms with Crippen LogP contribution in [0.4, 0.5) is 8.78 Å². The lowest BCUT2D eigenvalue weighted by molar-refractivity contribution is 0.504. The Morgan fingerprint density at radius 1 is 1.05 bits per heavy atom. The summed E-state index contributed by atoms with van der Waals surface area (Å²) in [5.41, 5.74) is 0.747. The number of benzene rings is 2. The average molecular weight is 293 g/mol. The Kier molecular flexibility index (Phi) is 3.81. The second-order valence-electron chi connectivity index (χ2n) is 4.15. The van der Waals surface area contributed by atoms with Crippen molar-refractivity contribution in [2.24, 2.45) is 0 Å². The molecule has 6 heteroatoms. The van der Waals surface area contributed by atoms with Gasteiger partial charge in [-0.15, -0.1) is 0 Å². The van der Waals surface area contributed by atoms with E-state index in [1.165, 1.54) is 6.07 Å². The Morgan fingerprint density at radius 2 is 1.80 bits per heavy atom. The summed E-state index contributed by atoms with van der Waals surface area (Å²) in [4.78, 5) is -0.293. The van der Waals surface area contributed by atoms with Gasteiger partial charge >= 0.3 is 0 Å². The number of nitriles is 1. The first kappa shape index (κ1) is 14.2. The van der Waals surface area contributed by atoms with Crippen LogP contribution in [0.1, 0.15) is 11.1 Å². The third-order valence-electron chi connectivity index (χ3n) is 2.66. The summed E-state index contributed by atoms with van der Waals surface area (Å²) in [6.45, 7) is 0. The van der Waals surface area contributed by atoms with E-state index in [0.29, 0.717) is 17.2 Å². The summed E-state index contributed by atoms with van der Waals surface area (Å²) in [5, 5.41) is 8.75. The monoisotopic (exact) mass is 293 g/mol. The van der Waals surface area contributed by atoms with Crippen LogP contribution >= 0.6 is 0 Å². The van der Waals surface area contributed by atoms with Crippen LogP contribution in [-0.4, -0.2) is 8.42 Å². The molecule has 0 fully saturated rings. The molecule has 0 amide bonds. The molecule has 0 bridgehead atoms. The van der Waals surface area contributed by atoms with Crippen LogP contribution in [0.25, 0.3) is 0 Å². The zero-order valence-corrected chi connectivity index (χ0v) is 11.0. The van der Waals surface area contributed by atoms with E-state index in [1.807, 2.05) is 6.07 Å². The lowest BCUT2D eigenvalue weighted by Crippen LogP contribution is -2.06. The normalized spacial score (nSPS) is 11.1. The highest BCUT2D eigenvalue weighted by molar-refractivity contribution is 7.90. The number of sulfone groups is 1. The lowest BCUT2D eigenvalue weighted by Gasteiger charge is -2.05. The van der Waals surface area contributed by atoms with Gasteiger partial charge in [-0.25, -0.2) is 17.2 Å². The molecule has 0 aliphatic rings. The van der Waals surface area contributed by atoms with Crippen molar-refractivity contribution in [2.45, 2.75) is 10.6 Å². The maximum absolute atomic E-state index is 13.1. The van der Waals surface area contributed by atoms with Gasteiger partial charge in [0.15, 0.2) is 21.5 Å². The van der Waals surface area contributed by atoms with Gasteiger partial charge in [0.05, 0.1) is 22.3 Å². The Bertz CT molecular complexity index is 795. The summed E-state index contributed by atoms with van der Waals surface area (Å²) in [6.07, 6.45) is 0. The van der Waals surface area contributed by atoms with Crippen LogP contribution in [0.3, 0.4) is 0 Å². The maximum Gasteiger partial charge on any atom is 0.182 e. The molecule has 102 valence electrons. The van der Waals surface area contributed by atoms with Gasteiger partial charge in [-0.1, -0.05) is 12.1 Å². The van der Waals surface area contributed by atoms with E-state index in [4.69, 9.17) is 5.26 Å². The third kappa shape index (κ3) is 3.00. The Balaban J connectivity index is 2.35. The molecule has 0 saturated heterocycles. The van der Waals surface area contributed by atoms with E-state index in [0.717, 1.165) is 12.1 Å². The van der Waals surface area contributed by atoms with Gasteiger partial charge in [-0.2, -0.15) is 5.26 Å². The van der Waals surface area contributed by atoms with Crippen molar-refractivity contribution in [3.8, 4) is 6.07 Å². The van der Waals surface area contributed by atoms with Crippen LogP contribution in [0, 0.1) is 23.0 Å². The number of nitrogens with zero attached hydrogens (tertiary/aromatic N) is 1. The molecule has 0 aliphatic heterocycles. The molecule has 0 unspecified atom stereocenters. The van der Waals surface area contributed by atoms with Crippen molar-refractivity contribution in [1.29, 1.82) is 5.26 Å². The molecular formula is C14H9F2NO2S. The molecule has 0 aliphatic carbocycles. The number of hydrogen-bond acceptors (Lipinski definition) is 3. The topological polar surface area (TPSA) is 57.9 Å². The molecule has 0 radical (unpaired) electrons. The van der Waals surface area contributed by atoms with E-state index >= 15 is 0 Å². The summed E-state index contributed by atoms with van der Waals surface area (Å²) in [5.74, 6) is -2.69. The van der Waals surface area contributed by atoms with E-state index in [-0.39, 0.29) is 10.6 Å². The minimum atomic E-state index is -3.79. The number of hydrogen-bond donors (Lipinski definition) is 0. The predicted octanol–water partition coefficient (Wildman–Crippen LogP) is 2.81. The molecule has 2 aromatic carbocycles. The number of rotatable bonds is 3. The van der Waals surface area contributed by atoms with Crippen LogP contribution in [0.5, 0.6) is 0 Å². The van der Waals surface area contributed by atoms with E-state index in [2.05, 4.69) is 0 Å². The SMILES string of the molecule is N#Cc1cccc(CS(=O)(=O)c2ccc(F)c(F)c2)c1. The third-order valence-corrected chi connectivity index (χ3v) is 4.35. The molecule has 0 atom stereocenters. The molecule has 0 N–H and O–H groups in total. The zero-order valence-electron chi connectivity index (χ0n) is 10.2. The largest absolute Gasteiger partial charge is 0.223 e. The molecule has 0 saturated carbocycles. The second-order valence-corrected chi connectivity index (χ2v) is 6.14. The quantitative estimate of drug-likeness (QED) is 0.818. The van der Waals surface area contributed by atoms with Crippen molar-refractivity contribution in [3.05, 3.63) is 65.2 Å². The molecule has 3 nitrogen and oxygen atoms in total. The van der Waals surface area contributed by atoms with E-state index in [9.17, 15) is 17.2 Å². The van der Waals surface area contributed by atoms with Crippen molar-refractivity contribution in [3.63, 3.8) is 0 Å². The van der Waals surface area contributed by atoms with Crippen LogP contribution < -0.4 is 0 Å². The Labute approximate surface area is 115 Å². The van der Waals surface area contributed by atoms with Gasteiger partial charge < -0.3 is 0 Å². The summed E-state index contributed by atoms with van der Waals surface area (Å²) in [6, 6.07) is 10.5. The minimum Gasteiger partial charge on any atom is -0.223 e. The highest BCUT2D eigenvalue weighted by Crippen LogP contribution is 2.19. The molecule has 0 heterocycles. The molecule has 20 heavy (non-hydrogen) atoms. The van der Waals surface area contributed by atoms with Gasteiger partial charge in [0.2, 0.25) is 0 Å². The fourth-order valence-electron chi connectivity index (χ4n) is 1.70. The smallest absolute Gasteiger partial charge is 0.182 e. The highest BCUT2D eigenvalue weighted by atomic mass is 32.2. The standard InChI is InChI=1S/C14H9F2NO2S/c15-13-5-4-12(7-14(13)16)20(18,19)9-11-3-1-2-10(6-11)8-17/h1-7H,9H2. The van der Waals surface area contributed by atoms with Crippen LogP contribution in [0.15, 0.2) is 47.4 Å². The predicted molar refractivity (Wildman–Crippen MR) is 68.4 cm³/mol. The van der Waals surface area contributed by atoms with E-state index < -0.39 is 21.5 Å². The second kappa shape index (κ2) is 5.39. The van der Waals surface area contributed by atoms with Crippen molar-refractivity contribution >= 4 is 9.84 Å². The van der Waals surface area contributed by atoms with Gasteiger partial charge in [-0.05, 0) is 35.9 Å². The first-order valence-electron chi connectivity index (χ1n) is 5.59. The fraction of sp³-hybridized carbons (Fsp3) is 0.0714. The highest BCUT2D eigenvalue weighted by Gasteiger charge is 2.17. The summed E-state index contributed by atoms with van der Waals surface area (Å²) in [7, 11) is -3.79. The molecule has 2 aromatic rings. The lowest BCUT2D eigenvalue weighted by atomic mass is 10.2. The molecular weight excluding hydrogens is 284 g/mol. The van der Waals surface area contributed by atoms with Crippen LogP contribution in [0.2, 0.25) is 0 Å². The van der Waals surface area contributed by atoms with Crippen molar-refractivity contribution < 1.29 is 17.2 Å². The van der Waals surface area contributed by atoms with Gasteiger partial charge in [0.1, 0.15) is 0 Å².